The minimum atomic E-state index is -4.68. The number of nitrogen functional groups attached to an aromatic ring is 1. The van der Waals surface area contributed by atoms with Crippen molar-refractivity contribution in [3.8, 4) is 0 Å². The number of carbonyl (C=O) groups excluding carboxylic acids is 2. The molecular weight excluding hydrogens is 564 g/mol. The summed E-state index contributed by atoms with van der Waals surface area (Å²) >= 11 is 0. The van der Waals surface area contributed by atoms with Crippen molar-refractivity contribution in [3.63, 3.8) is 0 Å². The molecule has 0 saturated carbocycles. The Morgan fingerprint density at radius 3 is 2.25 bits per heavy atom. The van der Waals surface area contributed by atoms with Crippen molar-refractivity contribution in [1.29, 1.82) is 0 Å². The quantitative estimate of drug-likeness (QED) is 0.205. The fourth-order valence-electron chi connectivity index (χ4n) is 3.43. The van der Waals surface area contributed by atoms with Crippen molar-refractivity contribution in [2.24, 2.45) is 0 Å². The third kappa shape index (κ3) is 7.74. The molecule has 3 heterocycles. The van der Waals surface area contributed by atoms with Crippen LogP contribution in [-0.4, -0.2) is 87.3 Å². The first-order valence-corrected chi connectivity index (χ1v) is 13.4. The molecule has 4 atom stereocenters. The van der Waals surface area contributed by atoms with Crippen LogP contribution in [0.5, 0.6) is 0 Å². The summed E-state index contributed by atoms with van der Waals surface area (Å²) in [6.45, 7) is 4.71. The van der Waals surface area contributed by atoms with Crippen molar-refractivity contribution in [1.82, 2.24) is 19.6 Å². The van der Waals surface area contributed by atoms with Crippen LogP contribution in [0.25, 0.3) is 5.65 Å². The topological polar surface area (TPSA) is 214 Å². The highest BCUT2D eigenvalue weighted by Gasteiger charge is 2.56. The van der Waals surface area contributed by atoms with E-state index in [1.807, 2.05) is 0 Å². The monoisotopic (exact) mass is 595 g/mol. The zero-order valence-corrected chi connectivity index (χ0v) is 23.2. The van der Waals surface area contributed by atoms with Gasteiger partial charge in [0.1, 0.15) is 24.6 Å². The number of ether oxygens (including phenoxy) is 5. The molecule has 2 aromatic rings. The van der Waals surface area contributed by atoms with E-state index in [9.17, 15) is 19.3 Å². The van der Waals surface area contributed by atoms with E-state index in [2.05, 4.69) is 24.5 Å². The number of aliphatic hydroxyl groups excluding tert-OH is 1. The maximum atomic E-state index is 15.7. The van der Waals surface area contributed by atoms with E-state index in [1.54, 1.807) is 27.7 Å². The van der Waals surface area contributed by atoms with Crippen molar-refractivity contribution < 1.29 is 60.9 Å². The number of anilines is 1. The van der Waals surface area contributed by atoms with Crippen LogP contribution in [-0.2, 0) is 41.8 Å². The molecule has 19 heteroatoms. The summed E-state index contributed by atoms with van der Waals surface area (Å²) in [6, 6.07) is 0. The van der Waals surface area contributed by atoms with Crippen molar-refractivity contribution >= 4 is 31.6 Å². The molecule has 1 saturated heterocycles. The van der Waals surface area contributed by atoms with Crippen molar-refractivity contribution in [2.75, 3.05) is 25.9 Å². The van der Waals surface area contributed by atoms with Crippen LogP contribution >= 0.6 is 7.82 Å². The van der Waals surface area contributed by atoms with Crippen LogP contribution in [0.4, 0.5) is 19.8 Å². The zero-order chi connectivity index (χ0) is 29.7. The highest BCUT2D eigenvalue weighted by molar-refractivity contribution is 7.48. The molecule has 224 valence electrons. The van der Waals surface area contributed by atoms with Crippen molar-refractivity contribution in [2.45, 2.75) is 70.8 Å². The first-order chi connectivity index (χ1) is 18.7. The highest BCUT2D eigenvalue weighted by atomic mass is 31.2. The van der Waals surface area contributed by atoms with Crippen LogP contribution in [0.2, 0.25) is 0 Å². The Labute approximate surface area is 227 Å². The molecule has 1 aliphatic rings. The largest absolute Gasteiger partial charge is 0.510 e. The number of imidazole rings is 1. The van der Waals surface area contributed by atoms with Crippen molar-refractivity contribution in [3.05, 3.63) is 18.2 Å². The number of halogens is 1. The van der Waals surface area contributed by atoms with Gasteiger partial charge in [0.25, 0.3) is 0 Å². The van der Waals surface area contributed by atoms with E-state index in [4.69, 9.17) is 33.5 Å². The number of aromatic nitrogens is 4. The number of nitrogens with zero attached hydrogens (tertiary/aromatic N) is 4. The number of fused-ring (bicyclic) bond motifs is 1. The zero-order valence-electron chi connectivity index (χ0n) is 22.3. The Morgan fingerprint density at radius 2 is 1.70 bits per heavy atom. The molecule has 0 amide bonds. The molecule has 1 fully saturated rings. The molecule has 3 N–H and O–H groups in total. The maximum absolute atomic E-state index is 15.7. The number of nitrogens with two attached hydrogens (primary N) is 1. The summed E-state index contributed by atoms with van der Waals surface area (Å²) in [5.74, 6) is 0.0365. The number of carbonyl (C=O) groups is 2. The first-order valence-electron chi connectivity index (χ1n) is 11.9. The molecule has 0 aliphatic carbocycles. The van der Waals surface area contributed by atoms with Gasteiger partial charge in [0.05, 0.1) is 30.7 Å². The molecule has 1 aliphatic heterocycles. The lowest BCUT2D eigenvalue weighted by molar-refractivity contribution is -0.0602. The molecule has 0 unspecified atom stereocenters. The van der Waals surface area contributed by atoms with Crippen LogP contribution in [0.15, 0.2) is 12.5 Å². The Balaban J connectivity index is 1.69. The van der Waals surface area contributed by atoms with Gasteiger partial charge in [-0.15, -0.1) is 0 Å². The Hall–Kier alpha value is -3.15. The van der Waals surface area contributed by atoms with E-state index < -0.39 is 76.5 Å². The summed E-state index contributed by atoms with van der Waals surface area (Å²) in [7, 11) is -4.68. The van der Waals surface area contributed by atoms with Gasteiger partial charge in [0.2, 0.25) is 13.6 Å². The normalized spacial score (nSPS) is 23.1. The summed E-state index contributed by atoms with van der Waals surface area (Å²) in [6.07, 6.45) is -5.52. The van der Waals surface area contributed by atoms with Gasteiger partial charge in [0, 0.05) is 0 Å². The highest BCUT2D eigenvalue weighted by Crippen LogP contribution is 2.51. The number of aliphatic hydroxyl groups is 1. The number of phosphoric ester groups is 1. The smallest absolute Gasteiger partial charge is 0.432 e. The average molecular weight is 595 g/mol. The molecule has 0 aromatic carbocycles. The lowest BCUT2D eigenvalue weighted by atomic mass is 9.93. The summed E-state index contributed by atoms with van der Waals surface area (Å²) < 4.78 is 69.7. The molecule has 17 nitrogen and oxygen atoms in total. The lowest BCUT2D eigenvalue weighted by Gasteiger charge is -2.23. The average Bonchev–Trinajstić information content (AvgIpc) is 3.36. The second kappa shape index (κ2) is 13.0. The third-order valence-electron chi connectivity index (χ3n) is 5.22. The molecule has 0 bridgehead atoms. The second-order valence-electron chi connectivity index (χ2n) is 9.07. The molecule has 0 spiro atoms. The molecule has 2 aromatic heterocycles. The Morgan fingerprint density at radius 1 is 1.12 bits per heavy atom. The minimum absolute atomic E-state index is 0.0365. The number of phosphoric acid groups is 1. The number of hydrogen-bond donors (Lipinski definition) is 2. The van der Waals surface area contributed by atoms with Crippen LogP contribution in [0, 0.1) is 0 Å². The van der Waals surface area contributed by atoms with E-state index in [-0.39, 0.29) is 17.2 Å². The van der Waals surface area contributed by atoms with E-state index in [0.717, 1.165) is 13.3 Å². The van der Waals surface area contributed by atoms with Gasteiger partial charge in [-0.2, -0.15) is 5.10 Å². The van der Waals surface area contributed by atoms with Crippen LogP contribution in [0.3, 0.4) is 0 Å². The molecule has 40 heavy (non-hydrogen) atoms. The van der Waals surface area contributed by atoms with Gasteiger partial charge in [-0.1, -0.05) is 0 Å². The fraction of sp³-hybridized carbons (Fsp3) is 0.667. The van der Waals surface area contributed by atoms with Gasteiger partial charge in [0.15, 0.2) is 17.1 Å². The summed E-state index contributed by atoms with van der Waals surface area (Å²) in [5, 5.41) is 14.7. The van der Waals surface area contributed by atoms with Crippen LogP contribution in [0.1, 0.15) is 46.4 Å². The lowest BCUT2D eigenvalue weighted by Crippen LogP contribution is -2.39. The van der Waals surface area contributed by atoms with Gasteiger partial charge in [-0.3, -0.25) is 4.52 Å². The van der Waals surface area contributed by atoms with E-state index in [1.165, 1.54) is 10.7 Å². The Kier molecular flexibility index (Phi) is 10.2. The minimum Gasteiger partial charge on any atom is -0.432 e. The van der Waals surface area contributed by atoms with Crippen LogP contribution < -0.4 is 5.73 Å². The second-order valence-corrected chi connectivity index (χ2v) is 10.7. The molecule has 3 rings (SSSR count). The van der Waals surface area contributed by atoms with E-state index >= 15 is 4.39 Å². The third-order valence-corrected chi connectivity index (χ3v) is 6.52. The molecule has 0 radical (unpaired) electrons. The summed E-state index contributed by atoms with van der Waals surface area (Å²) in [4.78, 5) is 31.1. The number of rotatable bonds is 12. The fourth-order valence-corrected chi connectivity index (χ4v) is 4.35. The van der Waals surface area contributed by atoms with Gasteiger partial charge < -0.3 is 34.5 Å². The van der Waals surface area contributed by atoms with Gasteiger partial charge >= 0.3 is 20.1 Å². The predicted molar refractivity (Wildman–Crippen MR) is 129 cm³/mol. The first kappa shape index (κ1) is 31.4. The number of hydrogen-bond acceptors (Lipinski definition) is 16. The SMILES string of the molecule is CC(C)OC(=O)OCOP(=O)(OCOC(=O)OC(C)C)OC[C@H]1O[C@@H](c2cnc3c(N)ncnn23)[C@](C)(F)[C@@H]1O. The maximum Gasteiger partial charge on any atom is 0.510 e. The molecular formula is C21H31FN5O12P. The predicted octanol–water partition coefficient (Wildman–Crippen LogP) is 2.43. The van der Waals surface area contributed by atoms with E-state index in [0.29, 0.717) is 0 Å². The Bertz CT molecular complexity index is 1200. The summed E-state index contributed by atoms with van der Waals surface area (Å²) in [5.41, 5.74) is 3.63. The van der Waals surface area contributed by atoms with Gasteiger partial charge in [-0.05, 0) is 34.6 Å². The number of alkyl halides is 1. The standard InChI is InChI=1S/C21H31FN5O12P/c1-11(2)37-19(29)32-9-35-40(31,36-10-33-20(30)38-12(3)4)34-7-14-15(28)21(5,22)16(39-14)13-6-24-18-17(23)25-8-26-27(13)18/h6,8,11-12,14-16,28H,7,9-10H2,1-5H3,(H2,23,25,26)/t14-,15-,16+,21-/m1/s1. The van der Waals surface area contributed by atoms with Gasteiger partial charge in [-0.25, -0.2) is 42.1 Å².